The Balaban J connectivity index is 2.65. The molecule has 0 spiro atoms. The fourth-order valence-electron chi connectivity index (χ4n) is 1.64. The Morgan fingerprint density at radius 2 is 2.21 bits per heavy atom. The van der Waals surface area contributed by atoms with Crippen molar-refractivity contribution in [3.63, 3.8) is 0 Å². The van der Waals surface area contributed by atoms with E-state index in [1.807, 2.05) is 13.8 Å². The number of nitrogens with one attached hydrogen (secondary N) is 2. The van der Waals surface area contributed by atoms with Crippen molar-refractivity contribution in [3.05, 3.63) is 34.1 Å². The highest BCUT2D eigenvalue weighted by Gasteiger charge is 2.15. The van der Waals surface area contributed by atoms with E-state index >= 15 is 0 Å². The predicted octanol–water partition coefficient (Wildman–Crippen LogP) is 2.06. The molecule has 19 heavy (non-hydrogen) atoms. The fraction of sp³-hybridized carbons (Fsp3) is 0.417. The van der Waals surface area contributed by atoms with Crippen molar-refractivity contribution in [1.29, 1.82) is 0 Å². The number of anilines is 1. The molecule has 1 unspecified atom stereocenters. The normalized spacial score (nSPS) is 11.9. The molecule has 0 aromatic heterocycles. The Hall–Kier alpha value is -2.02. The van der Waals surface area contributed by atoms with Gasteiger partial charge in [-0.25, -0.2) is 0 Å². The van der Waals surface area contributed by atoms with Gasteiger partial charge in [0.2, 0.25) is 11.7 Å². The minimum absolute atomic E-state index is 0.00731. The average molecular weight is 269 g/mol. The molecule has 7 heteroatoms. The molecule has 6 nitrogen and oxygen atoms in total. The number of nitro groups is 1. The van der Waals surface area contributed by atoms with E-state index in [0.717, 1.165) is 18.7 Å². The number of nitrogens with zero attached hydrogens (tertiary/aromatic N) is 1. The third kappa shape index (κ3) is 4.63. The summed E-state index contributed by atoms with van der Waals surface area (Å²) in [6.45, 7) is 4.54. The summed E-state index contributed by atoms with van der Waals surface area (Å²) in [5, 5.41) is 16.0. The summed E-state index contributed by atoms with van der Waals surface area (Å²) in [5.74, 6) is -1.25. The molecule has 0 saturated carbocycles. The molecule has 2 N–H and O–H groups in total. The molecule has 0 heterocycles. The molecule has 0 aliphatic rings. The zero-order valence-corrected chi connectivity index (χ0v) is 10.8. The van der Waals surface area contributed by atoms with Crippen LogP contribution >= 0.6 is 0 Å². The maximum absolute atomic E-state index is 13.3. The summed E-state index contributed by atoms with van der Waals surface area (Å²) < 4.78 is 13.3. The minimum atomic E-state index is -0.970. The van der Waals surface area contributed by atoms with Gasteiger partial charge in [0.1, 0.15) is 0 Å². The van der Waals surface area contributed by atoms with Crippen LogP contribution in [0.5, 0.6) is 0 Å². The van der Waals surface area contributed by atoms with Crippen LogP contribution in [0.2, 0.25) is 0 Å². The lowest BCUT2D eigenvalue weighted by molar-refractivity contribution is -0.387. The van der Waals surface area contributed by atoms with Crippen molar-refractivity contribution in [1.82, 2.24) is 5.32 Å². The van der Waals surface area contributed by atoms with Crippen LogP contribution < -0.4 is 10.6 Å². The summed E-state index contributed by atoms with van der Waals surface area (Å²) in [7, 11) is 0. The molecule has 104 valence electrons. The van der Waals surface area contributed by atoms with E-state index in [1.54, 1.807) is 0 Å². The first kappa shape index (κ1) is 15.0. The summed E-state index contributed by atoms with van der Waals surface area (Å²) in [6, 6.07) is 3.27. The van der Waals surface area contributed by atoms with Gasteiger partial charge in [-0.15, -0.1) is 0 Å². The first-order chi connectivity index (χ1) is 8.93. The highest BCUT2D eigenvalue weighted by Crippen LogP contribution is 2.20. The van der Waals surface area contributed by atoms with Crippen LogP contribution in [0.4, 0.5) is 15.8 Å². The van der Waals surface area contributed by atoms with Crippen molar-refractivity contribution in [2.45, 2.75) is 26.3 Å². The molecule has 1 atom stereocenters. The predicted molar refractivity (Wildman–Crippen MR) is 69.4 cm³/mol. The van der Waals surface area contributed by atoms with Crippen molar-refractivity contribution in [3.8, 4) is 0 Å². The van der Waals surface area contributed by atoms with Gasteiger partial charge in [-0.1, -0.05) is 6.92 Å². The maximum atomic E-state index is 13.3. The Morgan fingerprint density at radius 1 is 1.53 bits per heavy atom. The van der Waals surface area contributed by atoms with Gasteiger partial charge >= 0.3 is 5.69 Å². The van der Waals surface area contributed by atoms with Crippen molar-refractivity contribution >= 4 is 17.3 Å². The third-order valence-electron chi connectivity index (χ3n) is 2.47. The van der Waals surface area contributed by atoms with Gasteiger partial charge < -0.3 is 10.6 Å². The van der Waals surface area contributed by atoms with Gasteiger partial charge in [-0.05, 0) is 19.5 Å². The highest BCUT2D eigenvalue weighted by molar-refractivity contribution is 5.91. The topological polar surface area (TPSA) is 84.3 Å². The second-order valence-corrected chi connectivity index (χ2v) is 4.13. The van der Waals surface area contributed by atoms with Crippen LogP contribution in [0.25, 0.3) is 0 Å². The number of benzene rings is 1. The van der Waals surface area contributed by atoms with Crippen LogP contribution in [0.15, 0.2) is 18.2 Å². The van der Waals surface area contributed by atoms with Crippen LogP contribution in [-0.4, -0.2) is 23.4 Å². The summed E-state index contributed by atoms with van der Waals surface area (Å²) in [5.41, 5.74) is -0.407. The maximum Gasteiger partial charge on any atom is 0.304 e. The number of nitro benzene ring substituents is 1. The van der Waals surface area contributed by atoms with Crippen LogP contribution in [0.1, 0.15) is 20.3 Å². The van der Waals surface area contributed by atoms with Crippen LogP contribution in [0.3, 0.4) is 0 Å². The van der Waals surface area contributed by atoms with Gasteiger partial charge in [-0.3, -0.25) is 14.9 Å². The summed E-state index contributed by atoms with van der Waals surface area (Å²) in [6.07, 6.45) is 0.243. The molecule has 0 aliphatic heterocycles. The van der Waals surface area contributed by atoms with Gasteiger partial charge in [0.15, 0.2) is 0 Å². The standard InChI is InChI=1S/C12H16FN3O3/c1-3-14-8(2)6-12(17)15-9-4-5-11(16(18)19)10(13)7-9/h4-5,7-8,14H,3,6H2,1-2H3,(H,15,17). The lowest BCUT2D eigenvalue weighted by Crippen LogP contribution is -2.30. The zero-order valence-electron chi connectivity index (χ0n) is 10.8. The van der Waals surface area contributed by atoms with E-state index in [0.29, 0.717) is 0 Å². The lowest BCUT2D eigenvalue weighted by atomic mass is 10.2. The molecule has 1 rings (SSSR count). The van der Waals surface area contributed by atoms with E-state index < -0.39 is 16.4 Å². The number of carbonyl (C=O) groups is 1. The van der Waals surface area contributed by atoms with E-state index in [4.69, 9.17) is 0 Å². The Kier molecular flexibility index (Phi) is 5.37. The highest BCUT2D eigenvalue weighted by atomic mass is 19.1. The molecular formula is C12H16FN3O3. The quantitative estimate of drug-likeness (QED) is 0.611. The second-order valence-electron chi connectivity index (χ2n) is 4.13. The molecular weight excluding hydrogens is 253 g/mol. The first-order valence-corrected chi connectivity index (χ1v) is 5.91. The molecule has 0 saturated heterocycles. The summed E-state index contributed by atoms with van der Waals surface area (Å²) >= 11 is 0. The van der Waals surface area contributed by atoms with Crippen LogP contribution in [0, 0.1) is 15.9 Å². The Morgan fingerprint density at radius 3 is 2.74 bits per heavy atom. The molecule has 0 fully saturated rings. The Labute approximate surface area is 110 Å². The molecule has 0 aliphatic carbocycles. The number of halogens is 1. The van der Waals surface area contributed by atoms with Gasteiger partial charge in [-0.2, -0.15) is 4.39 Å². The molecule has 1 aromatic rings. The van der Waals surface area contributed by atoms with E-state index in [1.165, 1.54) is 6.07 Å². The fourth-order valence-corrected chi connectivity index (χ4v) is 1.64. The van der Waals surface area contributed by atoms with Crippen molar-refractivity contribution < 1.29 is 14.1 Å². The molecule has 0 bridgehead atoms. The molecule has 0 radical (unpaired) electrons. The molecule has 1 amide bonds. The first-order valence-electron chi connectivity index (χ1n) is 5.91. The number of rotatable bonds is 6. The van der Waals surface area contributed by atoms with Crippen LogP contribution in [-0.2, 0) is 4.79 Å². The summed E-state index contributed by atoms with van der Waals surface area (Å²) in [4.78, 5) is 21.3. The van der Waals surface area contributed by atoms with Gasteiger partial charge in [0, 0.05) is 30.3 Å². The number of amides is 1. The molecule has 1 aromatic carbocycles. The monoisotopic (exact) mass is 269 g/mol. The zero-order chi connectivity index (χ0) is 14.4. The van der Waals surface area contributed by atoms with E-state index in [9.17, 15) is 19.3 Å². The second kappa shape index (κ2) is 6.79. The van der Waals surface area contributed by atoms with E-state index in [2.05, 4.69) is 10.6 Å². The van der Waals surface area contributed by atoms with Crippen molar-refractivity contribution in [2.75, 3.05) is 11.9 Å². The number of hydrogen-bond acceptors (Lipinski definition) is 4. The van der Waals surface area contributed by atoms with E-state index in [-0.39, 0.29) is 24.1 Å². The smallest absolute Gasteiger partial charge is 0.304 e. The number of carbonyl (C=O) groups excluding carboxylic acids is 1. The lowest BCUT2D eigenvalue weighted by Gasteiger charge is -2.12. The van der Waals surface area contributed by atoms with Gasteiger partial charge in [0.25, 0.3) is 0 Å². The largest absolute Gasteiger partial charge is 0.326 e. The number of hydrogen-bond donors (Lipinski definition) is 2. The van der Waals surface area contributed by atoms with Crippen molar-refractivity contribution in [2.24, 2.45) is 0 Å². The minimum Gasteiger partial charge on any atom is -0.326 e. The average Bonchev–Trinajstić information content (AvgIpc) is 2.28. The third-order valence-corrected chi connectivity index (χ3v) is 2.47. The Bertz CT molecular complexity index is 479. The van der Waals surface area contributed by atoms with Gasteiger partial charge in [0.05, 0.1) is 4.92 Å². The SMILES string of the molecule is CCNC(C)CC(=O)Nc1ccc([N+](=O)[O-])c(F)c1.